The van der Waals surface area contributed by atoms with E-state index in [1.807, 2.05) is 6.92 Å². The molecule has 1 saturated heterocycles. The van der Waals surface area contributed by atoms with Crippen LogP contribution in [-0.4, -0.2) is 30.5 Å². The third-order valence-corrected chi connectivity index (χ3v) is 6.16. The van der Waals surface area contributed by atoms with Gasteiger partial charge in [-0.15, -0.1) is 0 Å². The topological polar surface area (TPSA) is 54.5 Å². The Labute approximate surface area is 122 Å². The zero-order valence-corrected chi connectivity index (χ0v) is 13.2. The molecule has 0 bridgehead atoms. The van der Waals surface area contributed by atoms with Crippen LogP contribution in [0.2, 0.25) is 0 Å². The molecule has 0 N–H and O–H groups in total. The summed E-state index contributed by atoms with van der Waals surface area (Å²) in [5.41, 5.74) is 0.985. The van der Waals surface area contributed by atoms with Crippen LogP contribution in [0, 0.1) is 18.8 Å². The number of benzene rings is 1. The Morgan fingerprint density at radius 1 is 1.32 bits per heavy atom. The zero-order chi connectivity index (χ0) is 14.2. The lowest BCUT2D eigenvalue weighted by atomic mass is 10.0. The smallest absolute Gasteiger partial charge is 0.266 e. The maximum atomic E-state index is 12.5. The van der Waals surface area contributed by atoms with Crippen molar-refractivity contribution in [2.75, 3.05) is 11.9 Å². The van der Waals surface area contributed by atoms with Crippen LogP contribution in [0.3, 0.4) is 0 Å². The number of hydrogen-bond donors (Lipinski definition) is 0. The maximum absolute atomic E-state index is 12.5. The van der Waals surface area contributed by atoms with Crippen LogP contribution < -0.4 is 0 Å². The molecule has 0 aromatic heterocycles. The molecule has 4 nitrogen and oxygen atoms in total. The molecule has 1 aromatic rings. The third-order valence-electron chi connectivity index (χ3n) is 3.55. The van der Waals surface area contributed by atoms with Crippen LogP contribution in [0.5, 0.6) is 0 Å². The summed E-state index contributed by atoms with van der Waals surface area (Å²) < 4.78 is 25.9. The Kier molecular flexibility index (Phi) is 4.01. The lowest BCUT2D eigenvalue weighted by Gasteiger charge is -2.17. The summed E-state index contributed by atoms with van der Waals surface area (Å²) in [7, 11) is -3.72. The van der Waals surface area contributed by atoms with Crippen molar-refractivity contribution in [2.24, 2.45) is 11.8 Å². The molecule has 104 valence electrons. The van der Waals surface area contributed by atoms with Gasteiger partial charge in [-0.2, -0.15) is 0 Å². The fraction of sp³-hybridized carbons (Fsp3) is 0.462. The molecule has 1 amide bonds. The summed E-state index contributed by atoms with van der Waals surface area (Å²) in [6, 6.07) is 6.56. The van der Waals surface area contributed by atoms with Crippen LogP contribution in [-0.2, 0) is 14.8 Å². The Balaban J connectivity index is 2.36. The Hall–Kier alpha value is -0.880. The number of alkyl halides is 1. The lowest BCUT2D eigenvalue weighted by molar-refractivity contribution is -0.126. The third kappa shape index (κ3) is 2.56. The van der Waals surface area contributed by atoms with Gasteiger partial charge in [0.25, 0.3) is 10.0 Å². The molecule has 2 atom stereocenters. The highest BCUT2D eigenvalue weighted by Gasteiger charge is 2.43. The van der Waals surface area contributed by atoms with Gasteiger partial charge in [0.2, 0.25) is 5.91 Å². The minimum absolute atomic E-state index is 0.0349. The standard InChI is InChI=1S/C13H16BrNO3S/c1-9-3-5-12(6-4-9)19(17,18)15-8-11(7-14)10(2)13(15)16/h3-6,10-11H,7-8H2,1-2H3/t10-,11+/m1/s1. The fourth-order valence-corrected chi connectivity index (χ4v) is 4.42. The van der Waals surface area contributed by atoms with Crippen molar-refractivity contribution in [2.45, 2.75) is 18.7 Å². The molecule has 0 spiro atoms. The predicted octanol–water partition coefficient (Wildman–Crippen LogP) is 2.17. The predicted molar refractivity (Wildman–Crippen MR) is 76.5 cm³/mol. The second kappa shape index (κ2) is 5.25. The number of rotatable bonds is 3. The van der Waals surface area contributed by atoms with Crippen LogP contribution >= 0.6 is 15.9 Å². The first-order chi connectivity index (χ1) is 8.87. The number of amides is 1. The molecule has 1 aliphatic rings. The quantitative estimate of drug-likeness (QED) is 0.789. The maximum Gasteiger partial charge on any atom is 0.266 e. The van der Waals surface area contributed by atoms with Gasteiger partial charge in [-0.3, -0.25) is 4.79 Å². The Bertz CT molecular complexity index is 582. The van der Waals surface area contributed by atoms with E-state index in [0.29, 0.717) is 5.33 Å². The van der Waals surface area contributed by atoms with E-state index in [1.165, 1.54) is 0 Å². The zero-order valence-electron chi connectivity index (χ0n) is 10.8. The highest BCUT2D eigenvalue weighted by Crippen LogP contribution is 2.30. The monoisotopic (exact) mass is 345 g/mol. The van der Waals surface area contributed by atoms with E-state index >= 15 is 0 Å². The van der Waals surface area contributed by atoms with Crippen molar-refractivity contribution >= 4 is 31.9 Å². The van der Waals surface area contributed by atoms with Gasteiger partial charge in [-0.25, -0.2) is 12.7 Å². The van der Waals surface area contributed by atoms with E-state index in [9.17, 15) is 13.2 Å². The summed E-state index contributed by atoms with van der Waals surface area (Å²) in [4.78, 5) is 12.3. The number of sulfonamides is 1. The lowest BCUT2D eigenvalue weighted by Crippen LogP contribution is -2.33. The molecule has 0 radical (unpaired) electrons. The van der Waals surface area contributed by atoms with Gasteiger partial charge in [0.1, 0.15) is 0 Å². The largest absolute Gasteiger partial charge is 0.273 e. The van der Waals surface area contributed by atoms with Gasteiger partial charge in [-0.05, 0) is 25.0 Å². The number of carbonyl (C=O) groups excluding carboxylic acids is 1. The molecule has 1 heterocycles. The Morgan fingerprint density at radius 3 is 2.37 bits per heavy atom. The number of nitrogens with zero attached hydrogens (tertiary/aromatic N) is 1. The van der Waals surface area contributed by atoms with Gasteiger partial charge in [-0.1, -0.05) is 40.5 Å². The molecular weight excluding hydrogens is 330 g/mol. The van der Waals surface area contributed by atoms with E-state index in [1.54, 1.807) is 31.2 Å². The highest BCUT2D eigenvalue weighted by atomic mass is 79.9. The molecule has 0 unspecified atom stereocenters. The number of halogens is 1. The van der Waals surface area contributed by atoms with E-state index in [4.69, 9.17) is 0 Å². The van der Waals surface area contributed by atoms with Crippen molar-refractivity contribution in [1.29, 1.82) is 0 Å². The molecule has 0 aliphatic carbocycles. The first-order valence-corrected chi connectivity index (χ1v) is 8.63. The minimum atomic E-state index is -3.72. The van der Waals surface area contributed by atoms with E-state index in [2.05, 4.69) is 15.9 Å². The average Bonchev–Trinajstić information content (AvgIpc) is 2.67. The molecule has 0 saturated carbocycles. The summed E-state index contributed by atoms with van der Waals surface area (Å²) in [6.07, 6.45) is 0. The van der Waals surface area contributed by atoms with Gasteiger partial charge in [0.15, 0.2) is 0 Å². The molecule has 1 fully saturated rings. The Morgan fingerprint density at radius 2 is 1.89 bits per heavy atom. The van der Waals surface area contributed by atoms with Crippen molar-refractivity contribution in [3.63, 3.8) is 0 Å². The summed E-state index contributed by atoms with van der Waals surface area (Å²) in [5.74, 6) is -0.544. The molecule has 1 aromatic carbocycles. The van der Waals surface area contributed by atoms with Crippen molar-refractivity contribution in [3.05, 3.63) is 29.8 Å². The summed E-state index contributed by atoms with van der Waals surface area (Å²) in [5, 5.41) is 0.625. The number of hydrogen-bond acceptors (Lipinski definition) is 3. The minimum Gasteiger partial charge on any atom is -0.273 e. The second-order valence-electron chi connectivity index (χ2n) is 4.89. The number of carbonyl (C=O) groups is 1. The summed E-state index contributed by atoms with van der Waals surface area (Å²) >= 11 is 3.33. The van der Waals surface area contributed by atoms with Gasteiger partial charge in [0.05, 0.1) is 4.90 Å². The number of aryl methyl sites for hydroxylation is 1. The van der Waals surface area contributed by atoms with E-state index < -0.39 is 10.0 Å². The van der Waals surface area contributed by atoms with Crippen molar-refractivity contribution in [1.82, 2.24) is 4.31 Å². The molecular formula is C13H16BrNO3S. The highest BCUT2D eigenvalue weighted by molar-refractivity contribution is 9.09. The van der Waals surface area contributed by atoms with Gasteiger partial charge >= 0.3 is 0 Å². The molecule has 19 heavy (non-hydrogen) atoms. The molecule has 6 heteroatoms. The van der Waals surface area contributed by atoms with Crippen LogP contribution in [0.1, 0.15) is 12.5 Å². The SMILES string of the molecule is Cc1ccc(S(=O)(=O)N2C[C@H](CBr)[C@@H](C)C2=O)cc1. The van der Waals surface area contributed by atoms with E-state index in [-0.39, 0.29) is 29.2 Å². The van der Waals surface area contributed by atoms with E-state index in [0.717, 1.165) is 9.87 Å². The van der Waals surface area contributed by atoms with Crippen LogP contribution in [0.4, 0.5) is 0 Å². The first kappa shape index (κ1) is 14.5. The van der Waals surface area contributed by atoms with Crippen LogP contribution in [0.15, 0.2) is 29.2 Å². The first-order valence-electron chi connectivity index (χ1n) is 6.07. The van der Waals surface area contributed by atoms with Gasteiger partial charge in [0, 0.05) is 17.8 Å². The molecule has 2 rings (SSSR count). The second-order valence-corrected chi connectivity index (χ2v) is 7.40. The fourth-order valence-electron chi connectivity index (χ4n) is 2.13. The van der Waals surface area contributed by atoms with Crippen molar-refractivity contribution in [3.8, 4) is 0 Å². The van der Waals surface area contributed by atoms with Crippen LogP contribution in [0.25, 0.3) is 0 Å². The van der Waals surface area contributed by atoms with Gasteiger partial charge < -0.3 is 0 Å². The normalized spacial score (nSPS) is 23.9. The van der Waals surface area contributed by atoms with Crippen molar-refractivity contribution < 1.29 is 13.2 Å². The average molecular weight is 346 g/mol. The molecule has 1 aliphatic heterocycles. The summed E-state index contributed by atoms with van der Waals surface area (Å²) in [6.45, 7) is 3.92.